The summed E-state index contributed by atoms with van der Waals surface area (Å²) in [5.41, 5.74) is 5.30. The average molecular weight is 478 g/mol. The van der Waals surface area contributed by atoms with Gasteiger partial charge < -0.3 is 14.5 Å². The summed E-state index contributed by atoms with van der Waals surface area (Å²) >= 11 is 0. The predicted molar refractivity (Wildman–Crippen MR) is 144 cm³/mol. The molecule has 1 aromatic rings. The summed E-state index contributed by atoms with van der Waals surface area (Å²) in [5.74, 6) is 1.38. The van der Waals surface area contributed by atoms with E-state index in [9.17, 15) is 0 Å². The van der Waals surface area contributed by atoms with E-state index in [0.29, 0.717) is 16.7 Å². The van der Waals surface area contributed by atoms with Gasteiger partial charge in [0.15, 0.2) is 0 Å². The summed E-state index contributed by atoms with van der Waals surface area (Å²) in [6.07, 6.45) is 3.91. The molecule has 3 fully saturated rings. The van der Waals surface area contributed by atoms with Gasteiger partial charge in [-0.1, -0.05) is 41.5 Å². The Balaban J connectivity index is 0.00000306. The number of nitrogens with zero attached hydrogens (tertiary/aromatic N) is 3. The maximum atomic E-state index is 5.62. The lowest BCUT2D eigenvalue weighted by Gasteiger charge is -2.46. The van der Waals surface area contributed by atoms with Gasteiger partial charge >= 0.3 is 0 Å². The van der Waals surface area contributed by atoms with Crippen molar-refractivity contribution in [2.24, 2.45) is 16.7 Å². The van der Waals surface area contributed by atoms with Crippen LogP contribution in [-0.4, -0.2) is 63.9 Å². The van der Waals surface area contributed by atoms with E-state index in [2.05, 4.69) is 74.4 Å². The quantitative estimate of drug-likeness (QED) is 0.514. The van der Waals surface area contributed by atoms with Crippen LogP contribution in [0.3, 0.4) is 0 Å². The minimum Gasteiger partial charge on any atom is -0.378 e. The Bertz CT molecular complexity index is 748. The van der Waals surface area contributed by atoms with Gasteiger partial charge in [-0.15, -0.1) is 12.4 Å². The fraction of sp³-hybridized carbons (Fsp3) is 0.786. The molecule has 0 radical (unpaired) electrons. The van der Waals surface area contributed by atoms with Gasteiger partial charge in [-0.25, -0.2) is 0 Å². The highest BCUT2D eigenvalue weighted by Crippen LogP contribution is 2.53. The van der Waals surface area contributed by atoms with Crippen LogP contribution in [0.4, 0.5) is 11.4 Å². The molecule has 0 unspecified atom stereocenters. The van der Waals surface area contributed by atoms with Crippen molar-refractivity contribution in [3.63, 3.8) is 0 Å². The number of piperazine rings is 1. The highest BCUT2D eigenvalue weighted by atomic mass is 35.5. The van der Waals surface area contributed by atoms with Gasteiger partial charge in [0, 0.05) is 57.2 Å². The van der Waals surface area contributed by atoms with E-state index in [1.54, 1.807) is 5.56 Å². The normalized spacial score (nSPS) is 24.1. The van der Waals surface area contributed by atoms with Crippen molar-refractivity contribution in [1.82, 2.24) is 4.90 Å². The third-order valence-corrected chi connectivity index (χ3v) is 7.72. The van der Waals surface area contributed by atoms with Crippen molar-refractivity contribution in [3.05, 3.63) is 23.8 Å². The molecule has 0 aromatic heterocycles. The Morgan fingerprint density at radius 3 is 2.06 bits per heavy atom. The second-order valence-electron chi connectivity index (χ2n) is 12.6. The van der Waals surface area contributed by atoms with E-state index in [4.69, 9.17) is 4.74 Å². The second kappa shape index (κ2) is 10.7. The summed E-state index contributed by atoms with van der Waals surface area (Å²) < 4.78 is 5.62. The van der Waals surface area contributed by atoms with Crippen LogP contribution in [0.1, 0.15) is 72.3 Å². The van der Waals surface area contributed by atoms with Gasteiger partial charge in [0.2, 0.25) is 0 Å². The topological polar surface area (TPSA) is 19.0 Å². The minimum absolute atomic E-state index is 0. The van der Waals surface area contributed by atoms with Gasteiger partial charge in [-0.05, 0) is 65.7 Å². The molecule has 4 rings (SSSR count). The van der Waals surface area contributed by atoms with E-state index >= 15 is 0 Å². The van der Waals surface area contributed by atoms with Crippen LogP contribution in [0, 0.1) is 16.7 Å². The van der Waals surface area contributed by atoms with Gasteiger partial charge in [-0.2, -0.15) is 0 Å². The van der Waals surface area contributed by atoms with Crippen LogP contribution < -0.4 is 9.80 Å². The molecule has 0 spiro atoms. The second-order valence-corrected chi connectivity index (χ2v) is 12.6. The van der Waals surface area contributed by atoms with Crippen LogP contribution >= 0.6 is 12.4 Å². The smallest absolute Gasteiger partial charge is 0.0642 e. The Labute approximate surface area is 209 Å². The van der Waals surface area contributed by atoms with Crippen LogP contribution in [-0.2, 0) is 4.74 Å². The van der Waals surface area contributed by atoms with Crippen molar-refractivity contribution in [3.8, 4) is 0 Å². The first-order chi connectivity index (χ1) is 15.1. The number of hydrogen-bond donors (Lipinski definition) is 0. The molecule has 2 aliphatic heterocycles. The monoisotopic (exact) mass is 477 g/mol. The molecule has 188 valence electrons. The number of halogens is 1. The highest BCUT2D eigenvalue weighted by molar-refractivity contribution is 5.85. The predicted octanol–water partition coefficient (Wildman–Crippen LogP) is 6.04. The number of ether oxygens (including phenoxy) is 1. The largest absolute Gasteiger partial charge is 0.378 e. The molecule has 2 saturated heterocycles. The molecular formula is C28H48ClN3O. The Morgan fingerprint density at radius 1 is 0.879 bits per heavy atom. The molecule has 0 N–H and O–H groups in total. The summed E-state index contributed by atoms with van der Waals surface area (Å²) in [7, 11) is 0. The molecule has 0 amide bonds. The molecule has 1 aliphatic carbocycles. The van der Waals surface area contributed by atoms with E-state index in [1.807, 2.05) is 0 Å². The lowest BCUT2D eigenvalue weighted by Crippen LogP contribution is -2.48. The zero-order chi connectivity index (χ0) is 22.9. The molecule has 0 atom stereocenters. The van der Waals surface area contributed by atoms with Crippen LogP contribution in [0.25, 0.3) is 0 Å². The first-order valence-corrected chi connectivity index (χ1v) is 13.1. The summed E-state index contributed by atoms with van der Waals surface area (Å²) in [6, 6.07) is 7.39. The third kappa shape index (κ3) is 6.80. The molecule has 2 heterocycles. The van der Waals surface area contributed by atoms with E-state index < -0.39 is 0 Å². The number of morpholine rings is 1. The number of hydrogen-bond acceptors (Lipinski definition) is 4. The Hall–Kier alpha value is -0.970. The van der Waals surface area contributed by atoms with Gasteiger partial charge in [-0.3, -0.25) is 4.90 Å². The van der Waals surface area contributed by atoms with E-state index in [0.717, 1.165) is 45.3 Å². The van der Waals surface area contributed by atoms with Gasteiger partial charge in [0.1, 0.15) is 0 Å². The lowest BCUT2D eigenvalue weighted by molar-refractivity contribution is 0.0969. The Morgan fingerprint density at radius 2 is 1.48 bits per heavy atom. The summed E-state index contributed by atoms with van der Waals surface area (Å²) in [6.45, 7) is 24.2. The van der Waals surface area contributed by atoms with Crippen molar-refractivity contribution in [1.29, 1.82) is 0 Å². The molecule has 5 heteroatoms. The van der Waals surface area contributed by atoms with E-state index in [-0.39, 0.29) is 12.4 Å². The third-order valence-electron chi connectivity index (χ3n) is 7.72. The fourth-order valence-electron chi connectivity index (χ4n) is 6.93. The average Bonchev–Trinajstić information content (AvgIpc) is 2.72. The molecule has 4 nitrogen and oxygen atoms in total. The first kappa shape index (κ1) is 26.6. The minimum atomic E-state index is 0. The molecular weight excluding hydrogens is 430 g/mol. The number of rotatable bonds is 5. The summed E-state index contributed by atoms with van der Waals surface area (Å²) in [4.78, 5) is 7.86. The van der Waals surface area contributed by atoms with Gasteiger partial charge in [0.05, 0.1) is 13.2 Å². The lowest BCUT2D eigenvalue weighted by atomic mass is 9.60. The van der Waals surface area contributed by atoms with Crippen molar-refractivity contribution < 1.29 is 4.74 Å². The number of anilines is 2. The first-order valence-electron chi connectivity index (χ1n) is 13.1. The standard InChI is InChI=1S/C28H47N3O.ClH/c1-22(2)20-29-9-11-31(12-10-29)26-8-7-24(30-13-15-32-16-14-30)17-25(26)23-18-27(3,4)21-28(5,6)19-23;/h7-8,17,22-23H,9-16,18-21H2,1-6H3;1H. The molecule has 1 aromatic carbocycles. The van der Waals surface area contributed by atoms with Crippen molar-refractivity contribution in [2.45, 2.75) is 66.7 Å². The molecule has 33 heavy (non-hydrogen) atoms. The fourth-order valence-corrected chi connectivity index (χ4v) is 6.93. The highest BCUT2D eigenvalue weighted by Gasteiger charge is 2.40. The molecule has 0 bridgehead atoms. The summed E-state index contributed by atoms with van der Waals surface area (Å²) in [5, 5.41) is 0. The van der Waals surface area contributed by atoms with E-state index in [1.165, 1.54) is 50.3 Å². The van der Waals surface area contributed by atoms with Crippen LogP contribution in [0.15, 0.2) is 18.2 Å². The maximum Gasteiger partial charge on any atom is 0.0642 e. The van der Waals surface area contributed by atoms with Crippen LogP contribution in [0.5, 0.6) is 0 Å². The molecule has 3 aliphatic rings. The maximum absolute atomic E-state index is 5.62. The zero-order valence-electron chi connectivity index (χ0n) is 22.0. The Kier molecular flexibility index (Phi) is 8.67. The van der Waals surface area contributed by atoms with Crippen molar-refractivity contribution >= 4 is 23.8 Å². The zero-order valence-corrected chi connectivity index (χ0v) is 22.8. The van der Waals surface area contributed by atoms with Gasteiger partial charge in [0.25, 0.3) is 0 Å². The van der Waals surface area contributed by atoms with Crippen molar-refractivity contribution in [2.75, 3.05) is 68.8 Å². The molecule has 1 saturated carbocycles. The number of benzene rings is 1. The SMILES string of the molecule is CC(C)CN1CCN(c2ccc(N3CCOCC3)cc2C2CC(C)(C)CC(C)(C)C2)CC1.Cl. The van der Waals surface area contributed by atoms with Crippen LogP contribution in [0.2, 0.25) is 0 Å².